The topological polar surface area (TPSA) is 33.1 Å². The number of aromatic nitrogens is 1. The molecule has 21 heavy (non-hydrogen) atoms. The fourth-order valence-corrected chi connectivity index (χ4v) is 2.95. The summed E-state index contributed by atoms with van der Waals surface area (Å²) in [6.07, 6.45) is 5.57. The summed E-state index contributed by atoms with van der Waals surface area (Å²) >= 11 is 0. The molecule has 1 aliphatic rings. The van der Waals surface area contributed by atoms with Gasteiger partial charge in [-0.2, -0.15) is 0 Å². The molecule has 0 spiro atoms. The lowest BCUT2D eigenvalue weighted by molar-refractivity contribution is 0.222. The number of hydrogen-bond acceptors (Lipinski definition) is 2. The Morgan fingerprint density at radius 3 is 2.76 bits per heavy atom. The zero-order chi connectivity index (χ0) is 14.2. The van der Waals surface area contributed by atoms with Crippen molar-refractivity contribution in [1.82, 2.24) is 4.98 Å². The predicted molar refractivity (Wildman–Crippen MR) is 84.2 cm³/mol. The molecule has 1 atom stereocenters. The Morgan fingerprint density at radius 1 is 1.05 bits per heavy atom. The molecule has 1 unspecified atom stereocenters. The van der Waals surface area contributed by atoms with Gasteiger partial charge >= 0.3 is 0 Å². The van der Waals surface area contributed by atoms with Crippen molar-refractivity contribution in [2.75, 3.05) is 0 Å². The van der Waals surface area contributed by atoms with Gasteiger partial charge in [0, 0.05) is 17.8 Å². The summed E-state index contributed by atoms with van der Waals surface area (Å²) in [7, 11) is 0. The van der Waals surface area contributed by atoms with Crippen LogP contribution in [0.4, 0.5) is 0 Å². The Balaban J connectivity index is 1.79. The third-order valence-electron chi connectivity index (χ3n) is 4.29. The molecule has 2 heteroatoms. The molecule has 0 aliphatic heterocycles. The second kappa shape index (κ2) is 4.97. The van der Waals surface area contributed by atoms with Crippen LogP contribution in [0.25, 0.3) is 10.8 Å². The number of nitrogens with zero attached hydrogens (tertiary/aromatic N) is 1. The average molecular weight is 275 g/mol. The van der Waals surface area contributed by atoms with E-state index in [1.165, 1.54) is 18.4 Å². The number of hydrogen-bond donors (Lipinski definition) is 1. The van der Waals surface area contributed by atoms with E-state index in [0.717, 1.165) is 21.9 Å². The highest BCUT2D eigenvalue weighted by molar-refractivity contribution is 5.85. The highest BCUT2D eigenvalue weighted by Crippen LogP contribution is 2.41. The van der Waals surface area contributed by atoms with Crippen LogP contribution < -0.4 is 0 Å². The van der Waals surface area contributed by atoms with Crippen LogP contribution in [0.1, 0.15) is 41.6 Å². The monoisotopic (exact) mass is 275 g/mol. The molecule has 2 aromatic carbocycles. The minimum absolute atomic E-state index is 0.600. The van der Waals surface area contributed by atoms with Gasteiger partial charge in [0.2, 0.25) is 0 Å². The van der Waals surface area contributed by atoms with Crippen molar-refractivity contribution in [2.45, 2.75) is 24.9 Å². The molecule has 0 amide bonds. The minimum atomic E-state index is -0.600. The third-order valence-corrected chi connectivity index (χ3v) is 4.29. The summed E-state index contributed by atoms with van der Waals surface area (Å²) in [6, 6.07) is 16.4. The van der Waals surface area contributed by atoms with Crippen LogP contribution in [0.15, 0.2) is 60.9 Å². The summed E-state index contributed by atoms with van der Waals surface area (Å²) < 4.78 is 0. The number of aliphatic hydroxyl groups is 1. The van der Waals surface area contributed by atoms with Crippen molar-refractivity contribution in [3.63, 3.8) is 0 Å². The maximum absolute atomic E-state index is 10.8. The van der Waals surface area contributed by atoms with E-state index in [1.807, 2.05) is 36.5 Å². The Morgan fingerprint density at radius 2 is 1.90 bits per heavy atom. The molecule has 2 nitrogen and oxygen atoms in total. The van der Waals surface area contributed by atoms with Gasteiger partial charge in [-0.25, -0.2) is 0 Å². The first-order valence-corrected chi connectivity index (χ1v) is 7.43. The van der Waals surface area contributed by atoms with Gasteiger partial charge in [-0.3, -0.25) is 4.98 Å². The maximum atomic E-state index is 10.8. The molecule has 1 saturated carbocycles. The predicted octanol–water partition coefficient (Wildman–Crippen LogP) is 4.19. The van der Waals surface area contributed by atoms with E-state index in [1.54, 1.807) is 6.20 Å². The lowest BCUT2D eigenvalue weighted by Crippen LogP contribution is -2.01. The summed E-state index contributed by atoms with van der Waals surface area (Å²) in [6.45, 7) is 0. The summed E-state index contributed by atoms with van der Waals surface area (Å²) in [5.41, 5.74) is 3.24. The van der Waals surface area contributed by atoms with Gasteiger partial charge in [-0.1, -0.05) is 42.5 Å². The Labute approximate surface area is 124 Å². The minimum Gasteiger partial charge on any atom is -0.384 e. The highest BCUT2D eigenvalue weighted by Gasteiger charge is 2.24. The molecule has 0 radical (unpaired) electrons. The Hall–Kier alpha value is -2.19. The van der Waals surface area contributed by atoms with Crippen molar-refractivity contribution >= 4 is 10.8 Å². The molecular weight excluding hydrogens is 258 g/mol. The quantitative estimate of drug-likeness (QED) is 0.777. The molecule has 1 fully saturated rings. The van der Waals surface area contributed by atoms with Crippen molar-refractivity contribution in [3.05, 3.63) is 77.6 Å². The molecule has 3 aromatic rings. The van der Waals surface area contributed by atoms with Crippen LogP contribution in [-0.4, -0.2) is 10.1 Å². The van der Waals surface area contributed by atoms with Gasteiger partial charge in [0.05, 0.1) is 0 Å². The van der Waals surface area contributed by atoms with Gasteiger partial charge in [-0.15, -0.1) is 0 Å². The van der Waals surface area contributed by atoms with E-state index in [2.05, 4.69) is 23.2 Å². The van der Waals surface area contributed by atoms with Crippen LogP contribution in [0.2, 0.25) is 0 Å². The van der Waals surface area contributed by atoms with Gasteiger partial charge in [-0.05, 0) is 46.9 Å². The van der Waals surface area contributed by atoms with Crippen molar-refractivity contribution < 1.29 is 5.11 Å². The first kappa shape index (κ1) is 12.5. The fraction of sp³-hybridized carbons (Fsp3) is 0.211. The van der Waals surface area contributed by atoms with Crippen LogP contribution in [0, 0.1) is 0 Å². The van der Waals surface area contributed by atoms with Crippen molar-refractivity contribution in [3.8, 4) is 0 Å². The lowest BCUT2D eigenvalue weighted by Gasteiger charge is -2.15. The smallest absolute Gasteiger partial charge is 0.105 e. The van der Waals surface area contributed by atoms with Crippen molar-refractivity contribution in [2.24, 2.45) is 0 Å². The number of fused-ring (bicyclic) bond motifs is 1. The first-order valence-electron chi connectivity index (χ1n) is 7.43. The second-order valence-electron chi connectivity index (χ2n) is 5.79. The number of benzene rings is 2. The van der Waals surface area contributed by atoms with Crippen molar-refractivity contribution in [1.29, 1.82) is 0 Å². The number of pyridine rings is 1. The van der Waals surface area contributed by atoms with Gasteiger partial charge in [0.1, 0.15) is 6.10 Å². The summed E-state index contributed by atoms with van der Waals surface area (Å²) in [5.74, 6) is 0.700. The van der Waals surface area contributed by atoms with Gasteiger partial charge in [0.15, 0.2) is 0 Å². The molecule has 1 N–H and O–H groups in total. The normalized spacial score (nSPS) is 16.0. The van der Waals surface area contributed by atoms with Gasteiger partial charge in [0.25, 0.3) is 0 Å². The third kappa shape index (κ3) is 2.32. The molecule has 4 rings (SSSR count). The van der Waals surface area contributed by atoms with Crippen LogP contribution in [0.5, 0.6) is 0 Å². The molecule has 1 aliphatic carbocycles. The Bertz CT molecular complexity index is 787. The largest absolute Gasteiger partial charge is 0.384 e. The SMILES string of the molecule is OC(c1cccc(C2CC2)c1)c1cccc2ccncc12. The highest BCUT2D eigenvalue weighted by atomic mass is 16.3. The van der Waals surface area contributed by atoms with Crippen LogP contribution >= 0.6 is 0 Å². The van der Waals surface area contributed by atoms with Gasteiger partial charge < -0.3 is 5.11 Å². The Kier molecular flexibility index (Phi) is 2.97. The molecular formula is C19H17NO. The molecule has 1 aromatic heterocycles. The molecule has 0 saturated heterocycles. The summed E-state index contributed by atoms with van der Waals surface area (Å²) in [4.78, 5) is 4.19. The van der Waals surface area contributed by atoms with E-state index in [-0.39, 0.29) is 0 Å². The molecule has 1 heterocycles. The maximum Gasteiger partial charge on any atom is 0.105 e. The zero-order valence-corrected chi connectivity index (χ0v) is 11.7. The van der Waals surface area contributed by atoms with E-state index >= 15 is 0 Å². The molecule has 104 valence electrons. The van der Waals surface area contributed by atoms with E-state index in [0.29, 0.717) is 5.92 Å². The second-order valence-corrected chi connectivity index (χ2v) is 5.79. The zero-order valence-electron chi connectivity index (χ0n) is 11.7. The van der Waals surface area contributed by atoms with E-state index in [4.69, 9.17) is 0 Å². The average Bonchev–Trinajstić information content (AvgIpc) is 3.39. The van der Waals surface area contributed by atoms with Crippen LogP contribution in [-0.2, 0) is 0 Å². The molecule has 0 bridgehead atoms. The fourth-order valence-electron chi connectivity index (χ4n) is 2.95. The van der Waals surface area contributed by atoms with E-state index < -0.39 is 6.10 Å². The van der Waals surface area contributed by atoms with Crippen LogP contribution in [0.3, 0.4) is 0 Å². The lowest BCUT2D eigenvalue weighted by atomic mass is 9.95. The number of aliphatic hydroxyl groups excluding tert-OH is 1. The summed E-state index contributed by atoms with van der Waals surface area (Å²) in [5, 5.41) is 12.9. The standard InChI is InChI=1S/C19H17NO/c21-19(16-5-1-4-15(11-16)13-7-8-13)17-6-2-3-14-9-10-20-12-18(14)17/h1-6,9-13,19,21H,7-8H2. The van der Waals surface area contributed by atoms with E-state index in [9.17, 15) is 5.11 Å². The first-order chi connectivity index (χ1) is 10.3. The number of rotatable bonds is 3.